The molecule has 1 aromatic rings. The summed E-state index contributed by atoms with van der Waals surface area (Å²) in [6.07, 6.45) is 0. The van der Waals surface area contributed by atoms with E-state index in [4.69, 9.17) is 10.5 Å². The van der Waals surface area contributed by atoms with Crippen LogP contribution in [-0.4, -0.2) is 29.7 Å². The van der Waals surface area contributed by atoms with Gasteiger partial charge in [-0.05, 0) is 12.0 Å². The highest BCUT2D eigenvalue weighted by molar-refractivity contribution is 5.57. The first-order chi connectivity index (χ1) is 8.50. The van der Waals surface area contributed by atoms with E-state index in [1.807, 2.05) is 0 Å². The topological polar surface area (TPSA) is 103 Å². The normalized spacial score (nSPS) is 10.6. The minimum absolute atomic E-state index is 0.0897. The lowest BCUT2D eigenvalue weighted by molar-refractivity contribution is -0.384. The lowest BCUT2D eigenvalue weighted by Gasteiger charge is -2.08. The summed E-state index contributed by atoms with van der Waals surface area (Å²) in [7, 11) is 0. The standard InChI is InChI=1S/C11H18N4O3/c1-8(2)7-18-6-5-13-10-4-3-9(15(16)17)11(12)14-10/h3-4,8H,5-7H2,1-2H3,(H3,12,13,14). The third kappa shape index (κ3) is 4.54. The summed E-state index contributed by atoms with van der Waals surface area (Å²) in [5, 5.41) is 13.5. The average Bonchev–Trinajstić information content (AvgIpc) is 2.27. The zero-order valence-corrected chi connectivity index (χ0v) is 10.5. The lowest BCUT2D eigenvalue weighted by atomic mass is 10.2. The van der Waals surface area contributed by atoms with Gasteiger partial charge in [0.15, 0.2) is 0 Å². The molecule has 0 radical (unpaired) electrons. The molecule has 0 fully saturated rings. The summed E-state index contributed by atoms with van der Waals surface area (Å²) in [6.45, 7) is 5.99. The van der Waals surface area contributed by atoms with Crippen LogP contribution in [0.4, 0.5) is 17.3 Å². The Morgan fingerprint density at radius 1 is 1.56 bits per heavy atom. The number of anilines is 2. The van der Waals surface area contributed by atoms with Gasteiger partial charge < -0.3 is 15.8 Å². The molecule has 0 unspecified atom stereocenters. The van der Waals surface area contributed by atoms with Crippen LogP contribution in [0.1, 0.15) is 13.8 Å². The van der Waals surface area contributed by atoms with E-state index in [1.54, 1.807) is 0 Å². The van der Waals surface area contributed by atoms with E-state index < -0.39 is 4.92 Å². The number of ether oxygens (including phenoxy) is 1. The molecule has 100 valence electrons. The Balaban J connectivity index is 2.39. The van der Waals surface area contributed by atoms with Crippen LogP contribution in [0.15, 0.2) is 12.1 Å². The van der Waals surface area contributed by atoms with Crippen LogP contribution >= 0.6 is 0 Å². The first-order valence-electron chi connectivity index (χ1n) is 5.73. The summed E-state index contributed by atoms with van der Waals surface area (Å²) in [5.74, 6) is 0.914. The van der Waals surface area contributed by atoms with E-state index >= 15 is 0 Å². The average molecular weight is 254 g/mol. The van der Waals surface area contributed by atoms with E-state index in [0.29, 0.717) is 31.5 Å². The summed E-state index contributed by atoms with van der Waals surface area (Å²) in [6, 6.07) is 2.86. The Bertz CT molecular complexity index is 409. The number of pyridine rings is 1. The number of rotatable bonds is 7. The van der Waals surface area contributed by atoms with Gasteiger partial charge in [0.2, 0.25) is 5.82 Å². The van der Waals surface area contributed by atoms with Crippen molar-refractivity contribution in [1.29, 1.82) is 0 Å². The van der Waals surface area contributed by atoms with Gasteiger partial charge >= 0.3 is 5.69 Å². The first kappa shape index (κ1) is 14.2. The van der Waals surface area contributed by atoms with Gasteiger partial charge in [-0.15, -0.1) is 0 Å². The van der Waals surface area contributed by atoms with Gasteiger partial charge in [-0.2, -0.15) is 0 Å². The predicted octanol–water partition coefficient (Wildman–Crippen LogP) is 1.66. The minimum atomic E-state index is -0.558. The Morgan fingerprint density at radius 2 is 2.28 bits per heavy atom. The van der Waals surface area contributed by atoms with E-state index in [-0.39, 0.29) is 11.5 Å². The van der Waals surface area contributed by atoms with Crippen LogP contribution in [0.3, 0.4) is 0 Å². The van der Waals surface area contributed by atoms with Crippen LogP contribution in [0.2, 0.25) is 0 Å². The van der Waals surface area contributed by atoms with Gasteiger partial charge in [0.05, 0.1) is 11.5 Å². The molecular formula is C11H18N4O3. The number of aromatic nitrogens is 1. The largest absolute Gasteiger partial charge is 0.379 e. The van der Waals surface area contributed by atoms with E-state index in [9.17, 15) is 10.1 Å². The smallest absolute Gasteiger partial charge is 0.311 e. The third-order valence-electron chi connectivity index (χ3n) is 2.10. The SMILES string of the molecule is CC(C)COCCNc1ccc([N+](=O)[O-])c(N)n1. The van der Waals surface area contributed by atoms with Crippen molar-refractivity contribution < 1.29 is 9.66 Å². The molecule has 0 atom stereocenters. The molecule has 0 aliphatic heterocycles. The number of nitrogens with two attached hydrogens (primary N) is 1. The van der Waals surface area contributed by atoms with E-state index in [2.05, 4.69) is 24.1 Å². The molecule has 0 bridgehead atoms. The van der Waals surface area contributed by atoms with Crippen LogP contribution in [0, 0.1) is 16.0 Å². The van der Waals surface area contributed by atoms with Crippen molar-refractivity contribution in [1.82, 2.24) is 4.98 Å². The first-order valence-corrected chi connectivity index (χ1v) is 5.73. The molecule has 1 rings (SSSR count). The summed E-state index contributed by atoms with van der Waals surface area (Å²) >= 11 is 0. The molecule has 7 nitrogen and oxygen atoms in total. The van der Waals surface area contributed by atoms with E-state index in [1.165, 1.54) is 12.1 Å². The molecule has 1 aromatic heterocycles. The highest BCUT2D eigenvalue weighted by Gasteiger charge is 2.12. The summed E-state index contributed by atoms with van der Waals surface area (Å²) in [4.78, 5) is 13.9. The van der Waals surface area contributed by atoms with Crippen molar-refractivity contribution in [3.05, 3.63) is 22.2 Å². The Kier molecular flexibility index (Phi) is 5.31. The Hall–Kier alpha value is -1.89. The number of nitrogen functional groups attached to an aromatic ring is 1. The molecule has 0 saturated carbocycles. The maximum Gasteiger partial charge on any atom is 0.311 e. The Labute approximate surface area is 105 Å². The zero-order chi connectivity index (χ0) is 13.5. The second-order valence-corrected chi connectivity index (χ2v) is 4.25. The summed E-state index contributed by atoms with van der Waals surface area (Å²) < 4.78 is 5.38. The molecule has 0 aromatic carbocycles. The number of hydrogen-bond donors (Lipinski definition) is 2. The predicted molar refractivity (Wildman–Crippen MR) is 69.5 cm³/mol. The van der Waals surface area contributed by atoms with Crippen molar-refractivity contribution in [3.63, 3.8) is 0 Å². The van der Waals surface area contributed by atoms with Crippen molar-refractivity contribution in [2.75, 3.05) is 30.8 Å². The summed E-state index contributed by atoms with van der Waals surface area (Å²) in [5.41, 5.74) is 5.28. The lowest BCUT2D eigenvalue weighted by Crippen LogP contribution is -2.13. The highest BCUT2D eigenvalue weighted by Crippen LogP contribution is 2.20. The number of nitrogens with zero attached hydrogens (tertiary/aromatic N) is 2. The molecule has 3 N–H and O–H groups in total. The van der Waals surface area contributed by atoms with Crippen LogP contribution in [0.5, 0.6) is 0 Å². The molecule has 0 saturated heterocycles. The molecule has 0 aliphatic carbocycles. The highest BCUT2D eigenvalue weighted by atomic mass is 16.6. The van der Waals surface area contributed by atoms with Crippen LogP contribution < -0.4 is 11.1 Å². The zero-order valence-electron chi connectivity index (χ0n) is 10.5. The fourth-order valence-corrected chi connectivity index (χ4v) is 1.29. The van der Waals surface area contributed by atoms with Crippen molar-refractivity contribution >= 4 is 17.3 Å². The molecule has 0 aliphatic rings. The minimum Gasteiger partial charge on any atom is -0.379 e. The van der Waals surface area contributed by atoms with Gasteiger partial charge in [0, 0.05) is 19.2 Å². The van der Waals surface area contributed by atoms with E-state index in [0.717, 1.165) is 0 Å². The van der Waals surface area contributed by atoms with Crippen molar-refractivity contribution in [3.8, 4) is 0 Å². The monoisotopic (exact) mass is 254 g/mol. The second-order valence-electron chi connectivity index (χ2n) is 4.25. The molecule has 0 spiro atoms. The quantitative estimate of drug-likeness (QED) is 0.435. The maximum absolute atomic E-state index is 10.5. The second kappa shape index (κ2) is 6.75. The van der Waals surface area contributed by atoms with Crippen LogP contribution in [0.25, 0.3) is 0 Å². The van der Waals surface area contributed by atoms with Crippen LogP contribution in [-0.2, 0) is 4.74 Å². The van der Waals surface area contributed by atoms with Gasteiger partial charge in [-0.1, -0.05) is 13.8 Å². The molecule has 0 amide bonds. The molecule has 7 heteroatoms. The van der Waals surface area contributed by atoms with Gasteiger partial charge in [-0.3, -0.25) is 10.1 Å². The van der Waals surface area contributed by atoms with Crippen molar-refractivity contribution in [2.24, 2.45) is 5.92 Å². The van der Waals surface area contributed by atoms with Gasteiger partial charge in [0.1, 0.15) is 5.82 Å². The number of nitro groups is 1. The van der Waals surface area contributed by atoms with Crippen molar-refractivity contribution in [2.45, 2.75) is 13.8 Å². The third-order valence-corrected chi connectivity index (χ3v) is 2.10. The number of hydrogen-bond acceptors (Lipinski definition) is 6. The molecule has 18 heavy (non-hydrogen) atoms. The fraction of sp³-hybridized carbons (Fsp3) is 0.545. The molecule has 1 heterocycles. The Morgan fingerprint density at radius 3 is 2.83 bits per heavy atom. The van der Waals surface area contributed by atoms with Gasteiger partial charge in [0.25, 0.3) is 0 Å². The van der Waals surface area contributed by atoms with Gasteiger partial charge in [-0.25, -0.2) is 4.98 Å². The maximum atomic E-state index is 10.5. The number of nitrogens with one attached hydrogen (secondary N) is 1. The molecular weight excluding hydrogens is 236 g/mol. The fourth-order valence-electron chi connectivity index (χ4n) is 1.29.